The fourth-order valence-electron chi connectivity index (χ4n) is 0.532. The second-order valence-corrected chi connectivity index (χ2v) is 1.93. The maximum atomic E-state index is 7.00. The summed E-state index contributed by atoms with van der Waals surface area (Å²) in [5, 5.41) is 7.00. The number of nitrogens with two attached hydrogens (primary N) is 1. The third-order valence-electron chi connectivity index (χ3n) is 1.09. The molecule has 0 aromatic carbocycles. The predicted octanol–water partition coefficient (Wildman–Crippen LogP) is 0.0691. The third-order valence-corrected chi connectivity index (χ3v) is 1.09. The second kappa shape index (κ2) is 2.43. The maximum absolute atomic E-state index is 7.00. The van der Waals surface area contributed by atoms with Crippen LogP contribution in [0.1, 0.15) is 11.4 Å². The summed E-state index contributed by atoms with van der Waals surface area (Å²) in [4.78, 5) is 7.74. The van der Waals surface area contributed by atoms with E-state index >= 15 is 0 Å². The van der Waals surface area contributed by atoms with Crippen molar-refractivity contribution in [1.82, 2.24) is 9.97 Å². The predicted molar refractivity (Wildman–Crippen MR) is 37.8 cm³/mol. The van der Waals surface area contributed by atoms with Crippen molar-refractivity contribution in [2.45, 2.75) is 6.92 Å². The molecule has 52 valence electrons. The third kappa shape index (κ3) is 1.28. The molecule has 1 aromatic heterocycles. The van der Waals surface area contributed by atoms with Crippen LogP contribution in [-0.2, 0) is 0 Å². The van der Waals surface area contributed by atoms with Crippen molar-refractivity contribution in [2.24, 2.45) is 5.73 Å². The molecular formula is C6H8N4. The summed E-state index contributed by atoms with van der Waals surface area (Å²) >= 11 is 0. The largest absolute Gasteiger partial charge is 0.384 e. The van der Waals surface area contributed by atoms with E-state index in [0.29, 0.717) is 11.4 Å². The van der Waals surface area contributed by atoms with Crippen molar-refractivity contribution in [3.05, 3.63) is 23.8 Å². The van der Waals surface area contributed by atoms with E-state index in [4.69, 9.17) is 11.1 Å². The van der Waals surface area contributed by atoms with Gasteiger partial charge in [0.25, 0.3) is 0 Å². The zero-order valence-corrected chi connectivity index (χ0v) is 5.63. The molecule has 10 heavy (non-hydrogen) atoms. The molecule has 0 spiro atoms. The van der Waals surface area contributed by atoms with Crippen LogP contribution in [-0.4, -0.2) is 15.8 Å². The summed E-state index contributed by atoms with van der Waals surface area (Å²) in [5.41, 5.74) is 5.73. The Bertz CT molecular complexity index is 238. The fraction of sp³-hybridized carbons (Fsp3) is 0.167. The first-order valence-corrected chi connectivity index (χ1v) is 2.83. The van der Waals surface area contributed by atoms with E-state index in [1.54, 1.807) is 6.92 Å². The lowest BCUT2D eigenvalue weighted by Gasteiger charge is -1.94. The van der Waals surface area contributed by atoms with Gasteiger partial charge in [-0.2, -0.15) is 0 Å². The summed E-state index contributed by atoms with van der Waals surface area (Å²) in [6, 6.07) is 0. The number of hydrogen-bond donors (Lipinski definition) is 2. The lowest BCUT2D eigenvalue weighted by Crippen LogP contribution is -2.11. The van der Waals surface area contributed by atoms with Crippen molar-refractivity contribution in [1.29, 1.82) is 5.41 Å². The van der Waals surface area contributed by atoms with Crippen LogP contribution < -0.4 is 5.73 Å². The number of aromatic nitrogens is 2. The summed E-state index contributed by atoms with van der Waals surface area (Å²) in [6.45, 7) is 1.78. The molecule has 0 aliphatic carbocycles. The minimum atomic E-state index is 0.000000000000000222. The van der Waals surface area contributed by atoms with Gasteiger partial charge < -0.3 is 5.73 Å². The molecule has 0 aliphatic heterocycles. The SMILES string of the molecule is Cc1ncc(C(=N)N)cn1. The molecule has 0 aliphatic rings. The topological polar surface area (TPSA) is 75.7 Å². The molecular weight excluding hydrogens is 128 g/mol. The van der Waals surface area contributed by atoms with Crippen molar-refractivity contribution in [3.63, 3.8) is 0 Å². The van der Waals surface area contributed by atoms with Crippen molar-refractivity contribution < 1.29 is 0 Å². The highest BCUT2D eigenvalue weighted by Gasteiger charge is 1.94. The molecule has 0 saturated heterocycles. The van der Waals surface area contributed by atoms with Gasteiger partial charge in [0.2, 0.25) is 0 Å². The van der Waals surface area contributed by atoms with E-state index in [-0.39, 0.29) is 5.84 Å². The van der Waals surface area contributed by atoms with Crippen molar-refractivity contribution in [3.8, 4) is 0 Å². The van der Waals surface area contributed by atoms with Crippen LogP contribution in [0.25, 0.3) is 0 Å². The van der Waals surface area contributed by atoms with E-state index in [9.17, 15) is 0 Å². The molecule has 1 rings (SSSR count). The Labute approximate surface area is 58.6 Å². The molecule has 0 unspecified atom stereocenters. The molecule has 1 aromatic rings. The summed E-state index contributed by atoms with van der Waals surface area (Å²) in [7, 11) is 0. The standard InChI is InChI=1S/C6H8N4/c1-4-9-2-5(3-10-4)6(7)8/h2-3H,1H3,(H3,7,8). The van der Waals surface area contributed by atoms with Crippen molar-refractivity contribution >= 4 is 5.84 Å². The van der Waals surface area contributed by atoms with Gasteiger partial charge >= 0.3 is 0 Å². The van der Waals surface area contributed by atoms with Crippen LogP contribution in [0.5, 0.6) is 0 Å². The second-order valence-electron chi connectivity index (χ2n) is 1.93. The maximum Gasteiger partial charge on any atom is 0.125 e. The van der Waals surface area contributed by atoms with Gasteiger partial charge in [-0.05, 0) is 6.92 Å². The fourth-order valence-corrected chi connectivity index (χ4v) is 0.532. The molecule has 4 heteroatoms. The molecule has 0 atom stereocenters. The summed E-state index contributed by atoms with van der Waals surface area (Å²) < 4.78 is 0. The van der Waals surface area contributed by atoms with Gasteiger partial charge in [0.1, 0.15) is 11.7 Å². The van der Waals surface area contributed by atoms with Crippen molar-refractivity contribution in [2.75, 3.05) is 0 Å². The molecule has 0 radical (unpaired) electrons. The van der Waals surface area contributed by atoms with E-state index in [1.807, 2.05) is 0 Å². The molecule has 1 heterocycles. The van der Waals surface area contributed by atoms with Gasteiger partial charge in [-0.1, -0.05) is 0 Å². The van der Waals surface area contributed by atoms with Gasteiger partial charge in [0, 0.05) is 12.4 Å². The number of amidine groups is 1. The monoisotopic (exact) mass is 136 g/mol. The zero-order chi connectivity index (χ0) is 7.56. The Morgan fingerprint density at radius 3 is 2.40 bits per heavy atom. The quantitative estimate of drug-likeness (QED) is 0.423. The Balaban J connectivity index is 3.00. The molecule has 4 nitrogen and oxygen atoms in total. The highest BCUT2D eigenvalue weighted by Crippen LogP contribution is 1.92. The molecule has 0 saturated carbocycles. The number of nitrogens with one attached hydrogen (secondary N) is 1. The van der Waals surface area contributed by atoms with E-state index in [0.717, 1.165) is 0 Å². The van der Waals surface area contributed by atoms with Crippen LogP contribution in [0.4, 0.5) is 0 Å². The number of hydrogen-bond acceptors (Lipinski definition) is 3. The Kier molecular flexibility index (Phi) is 1.62. The lowest BCUT2D eigenvalue weighted by molar-refractivity contribution is 1.04. The summed E-state index contributed by atoms with van der Waals surface area (Å²) in [6.07, 6.45) is 3.06. The molecule has 0 bridgehead atoms. The highest BCUT2D eigenvalue weighted by molar-refractivity contribution is 5.94. The zero-order valence-electron chi connectivity index (χ0n) is 5.63. The minimum absolute atomic E-state index is 0.000000000000000222. The van der Waals surface area contributed by atoms with Gasteiger partial charge in [-0.3, -0.25) is 5.41 Å². The lowest BCUT2D eigenvalue weighted by atomic mass is 10.3. The smallest absolute Gasteiger partial charge is 0.125 e. The van der Waals surface area contributed by atoms with Crippen LogP contribution in [0.15, 0.2) is 12.4 Å². The van der Waals surface area contributed by atoms with E-state index in [1.165, 1.54) is 12.4 Å². The summed E-state index contributed by atoms with van der Waals surface area (Å²) in [5.74, 6) is 0.685. The van der Waals surface area contributed by atoms with Crippen LogP contribution in [0.2, 0.25) is 0 Å². The number of rotatable bonds is 1. The highest BCUT2D eigenvalue weighted by atomic mass is 14.9. The van der Waals surface area contributed by atoms with Gasteiger partial charge in [-0.15, -0.1) is 0 Å². The Morgan fingerprint density at radius 1 is 1.50 bits per heavy atom. The van der Waals surface area contributed by atoms with Crippen LogP contribution >= 0.6 is 0 Å². The normalized spacial score (nSPS) is 9.30. The Morgan fingerprint density at radius 2 is 2.00 bits per heavy atom. The average molecular weight is 136 g/mol. The van der Waals surface area contributed by atoms with E-state index in [2.05, 4.69) is 9.97 Å². The molecule has 3 N–H and O–H groups in total. The number of nitrogens with zero attached hydrogens (tertiary/aromatic N) is 2. The Hall–Kier alpha value is -1.45. The first kappa shape index (κ1) is 6.67. The van der Waals surface area contributed by atoms with E-state index < -0.39 is 0 Å². The first-order valence-electron chi connectivity index (χ1n) is 2.83. The van der Waals surface area contributed by atoms with Gasteiger partial charge in [0.05, 0.1) is 5.56 Å². The van der Waals surface area contributed by atoms with Crippen LogP contribution in [0.3, 0.4) is 0 Å². The van der Waals surface area contributed by atoms with Gasteiger partial charge in [0.15, 0.2) is 0 Å². The average Bonchev–Trinajstić information content (AvgIpc) is 1.88. The first-order chi connectivity index (χ1) is 4.70. The number of nitrogen functional groups attached to an aromatic ring is 1. The molecule has 0 fully saturated rings. The minimum Gasteiger partial charge on any atom is -0.384 e. The van der Waals surface area contributed by atoms with Crippen LogP contribution in [0, 0.1) is 12.3 Å². The molecule has 0 amide bonds. The van der Waals surface area contributed by atoms with Gasteiger partial charge in [-0.25, -0.2) is 9.97 Å². The number of aryl methyl sites for hydroxylation is 1.